The molecule has 0 aliphatic heterocycles. The van der Waals surface area contributed by atoms with Gasteiger partial charge >= 0.3 is 0 Å². The van der Waals surface area contributed by atoms with Crippen molar-refractivity contribution in [1.82, 2.24) is 0 Å². The van der Waals surface area contributed by atoms with Crippen molar-refractivity contribution >= 4 is 0 Å². The van der Waals surface area contributed by atoms with Crippen molar-refractivity contribution in [2.75, 3.05) is 52.9 Å². The van der Waals surface area contributed by atoms with E-state index in [1.807, 2.05) is 20.8 Å². The molecule has 6 unspecified atom stereocenters. The van der Waals surface area contributed by atoms with Gasteiger partial charge in [-0.2, -0.15) is 0 Å². The van der Waals surface area contributed by atoms with Crippen LogP contribution in [0.1, 0.15) is 41.5 Å². The first kappa shape index (κ1) is 29.6. The third-order valence-electron chi connectivity index (χ3n) is 3.75. The molecule has 0 aromatic carbocycles. The van der Waals surface area contributed by atoms with Crippen molar-refractivity contribution in [3.05, 3.63) is 0 Å². The molecule has 0 spiro atoms. The SMILES string of the molecule is CC(O)COC(C)COCC(COCC(C)OCC(C)O)OCC(C)OCC(C)O. The Morgan fingerprint density at radius 1 is 0.433 bits per heavy atom. The van der Waals surface area contributed by atoms with Gasteiger partial charge in [-0.3, -0.25) is 0 Å². The average Bonchev–Trinajstić information content (AvgIpc) is 2.66. The zero-order valence-corrected chi connectivity index (χ0v) is 19.5. The molecule has 0 amide bonds. The third kappa shape index (κ3) is 19.6. The molecule has 0 saturated carbocycles. The first-order valence-electron chi connectivity index (χ1n) is 10.8. The van der Waals surface area contributed by atoms with Gasteiger partial charge in [-0.1, -0.05) is 0 Å². The van der Waals surface area contributed by atoms with E-state index in [-0.39, 0.29) is 44.2 Å². The molecular formula is C21H44O9. The zero-order chi connectivity index (χ0) is 22.9. The number of hydrogen-bond acceptors (Lipinski definition) is 9. The Kier molecular flexibility index (Phi) is 18.0. The van der Waals surface area contributed by atoms with E-state index in [2.05, 4.69) is 0 Å². The molecule has 0 aliphatic carbocycles. The smallest absolute Gasteiger partial charge is 0.104 e. The van der Waals surface area contributed by atoms with Crippen LogP contribution in [-0.4, -0.2) is 111 Å². The Labute approximate surface area is 181 Å². The minimum Gasteiger partial charge on any atom is -0.391 e. The molecule has 0 saturated heterocycles. The highest BCUT2D eigenvalue weighted by molar-refractivity contribution is 4.61. The van der Waals surface area contributed by atoms with Crippen LogP contribution in [0, 0.1) is 0 Å². The van der Waals surface area contributed by atoms with E-state index in [1.54, 1.807) is 20.8 Å². The van der Waals surface area contributed by atoms with E-state index in [4.69, 9.17) is 28.4 Å². The van der Waals surface area contributed by atoms with Crippen LogP contribution in [0.2, 0.25) is 0 Å². The second-order valence-electron chi connectivity index (χ2n) is 8.01. The van der Waals surface area contributed by atoms with Crippen molar-refractivity contribution in [2.24, 2.45) is 0 Å². The Hall–Kier alpha value is -0.360. The molecule has 0 aliphatic rings. The summed E-state index contributed by atoms with van der Waals surface area (Å²) in [5, 5.41) is 27.9. The maximum absolute atomic E-state index is 9.31. The summed E-state index contributed by atoms with van der Waals surface area (Å²) in [6.07, 6.45) is -2.34. The topological polar surface area (TPSA) is 116 Å². The summed E-state index contributed by atoms with van der Waals surface area (Å²) < 4.78 is 33.7. The van der Waals surface area contributed by atoms with Crippen molar-refractivity contribution in [2.45, 2.75) is 84.3 Å². The first-order chi connectivity index (χ1) is 14.1. The molecule has 9 heteroatoms. The lowest BCUT2D eigenvalue weighted by Gasteiger charge is -2.23. The molecule has 9 nitrogen and oxygen atoms in total. The number of ether oxygens (including phenoxy) is 6. The summed E-state index contributed by atoms with van der Waals surface area (Å²) in [6.45, 7) is 13.1. The number of aliphatic hydroxyl groups excluding tert-OH is 3. The molecule has 182 valence electrons. The van der Waals surface area contributed by atoms with Crippen LogP contribution in [0.5, 0.6) is 0 Å². The molecule has 0 heterocycles. The summed E-state index contributed by atoms with van der Waals surface area (Å²) in [4.78, 5) is 0. The summed E-state index contributed by atoms with van der Waals surface area (Å²) in [5.41, 5.74) is 0. The second-order valence-corrected chi connectivity index (χ2v) is 8.01. The Morgan fingerprint density at radius 2 is 0.767 bits per heavy atom. The van der Waals surface area contributed by atoms with Crippen LogP contribution in [-0.2, 0) is 28.4 Å². The van der Waals surface area contributed by atoms with Crippen molar-refractivity contribution in [3.63, 3.8) is 0 Å². The summed E-state index contributed by atoms with van der Waals surface area (Å²) in [6, 6.07) is 0. The Bertz CT molecular complexity index is 355. The van der Waals surface area contributed by atoms with E-state index < -0.39 is 18.3 Å². The van der Waals surface area contributed by atoms with E-state index in [0.29, 0.717) is 33.0 Å². The van der Waals surface area contributed by atoms with Crippen LogP contribution in [0.4, 0.5) is 0 Å². The molecule has 0 aromatic rings. The highest BCUT2D eigenvalue weighted by atomic mass is 16.6. The van der Waals surface area contributed by atoms with Gasteiger partial charge < -0.3 is 43.7 Å². The van der Waals surface area contributed by atoms with E-state index in [0.717, 1.165) is 0 Å². The fourth-order valence-electron chi connectivity index (χ4n) is 2.20. The van der Waals surface area contributed by atoms with Gasteiger partial charge in [-0.05, 0) is 41.5 Å². The summed E-state index contributed by atoms with van der Waals surface area (Å²) in [5.74, 6) is 0. The van der Waals surface area contributed by atoms with Gasteiger partial charge in [0.1, 0.15) is 6.10 Å². The molecule has 3 N–H and O–H groups in total. The molecule has 0 fully saturated rings. The first-order valence-corrected chi connectivity index (χ1v) is 10.8. The maximum atomic E-state index is 9.31. The van der Waals surface area contributed by atoms with Gasteiger partial charge in [0.15, 0.2) is 0 Å². The predicted octanol–water partition coefficient (Wildman–Crippen LogP) is 0.763. The quantitative estimate of drug-likeness (QED) is 0.252. The Balaban J connectivity index is 4.32. The maximum Gasteiger partial charge on any atom is 0.104 e. The Morgan fingerprint density at radius 3 is 1.10 bits per heavy atom. The largest absolute Gasteiger partial charge is 0.391 e. The van der Waals surface area contributed by atoms with Gasteiger partial charge in [-0.25, -0.2) is 0 Å². The lowest BCUT2D eigenvalue weighted by Crippen LogP contribution is -2.33. The van der Waals surface area contributed by atoms with E-state index in [9.17, 15) is 15.3 Å². The van der Waals surface area contributed by atoms with E-state index >= 15 is 0 Å². The van der Waals surface area contributed by atoms with Crippen molar-refractivity contribution in [3.8, 4) is 0 Å². The van der Waals surface area contributed by atoms with Gasteiger partial charge in [0.25, 0.3) is 0 Å². The van der Waals surface area contributed by atoms with Crippen LogP contribution in [0.25, 0.3) is 0 Å². The normalized spacial score (nSPS) is 19.1. The minimum atomic E-state index is -0.527. The fourth-order valence-corrected chi connectivity index (χ4v) is 2.20. The van der Waals surface area contributed by atoms with Crippen molar-refractivity contribution in [1.29, 1.82) is 0 Å². The monoisotopic (exact) mass is 440 g/mol. The lowest BCUT2D eigenvalue weighted by atomic mass is 10.3. The van der Waals surface area contributed by atoms with Crippen LogP contribution >= 0.6 is 0 Å². The number of rotatable bonds is 20. The molecule has 30 heavy (non-hydrogen) atoms. The molecule has 0 radical (unpaired) electrons. The summed E-state index contributed by atoms with van der Waals surface area (Å²) in [7, 11) is 0. The van der Waals surface area contributed by atoms with Crippen molar-refractivity contribution < 1.29 is 43.7 Å². The standard InChI is InChI=1S/C21H44O9/c1-15(22)7-27-18(4)10-25-13-21(30-12-20(6)29-9-17(3)24)14-26-11-19(5)28-8-16(2)23/h15-24H,7-14H2,1-6H3. The third-order valence-corrected chi connectivity index (χ3v) is 3.75. The van der Waals surface area contributed by atoms with E-state index in [1.165, 1.54) is 0 Å². The van der Waals surface area contributed by atoms with Gasteiger partial charge in [0.2, 0.25) is 0 Å². The van der Waals surface area contributed by atoms with Crippen LogP contribution < -0.4 is 0 Å². The van der Waals surface area contributed by atoms with Gasteiger partial charge in [-0.15, -0.1) is 0 Å². The van der Waals surface area contributed by atoms with Gasteiger partial charge in [0, 0.05) is 0 Å². The minimum absolute atomic E-state index is 0.150. The molecule has 6 atom stereocenters. The highest BCUT2D eigenvalue weighted by Gasteiger charge is 2.15. The zero-order valence-electron chi connectivity index (χ0n) is 19.5. The second kappa shape index (κ2) is 18.2. The molecule has 0 bridgehead atoms. The molecular weight excluding hydrogens is 396 g/mol. The van der Waals surface area contributed by atoms with Crippen LogP contribution in [0.15, 0.2) is 0 Å². The average molecular weight is 441 g/mol. The predicted molar refractivity (Wildman–Crippen MR) is 113 cm³/mol. The number of aliphatic hydroxyl groups is 3. The fraction of sp³-hybridized carbons (Fsp3) is 1.00. The highest BCUT2D eigenvalue weighted by Crippen LogP contribution is 2.04. The molecule has 0 rings (SSSR count). The molecule has 0 aromatic heterocycles. The number of hydrogen-bond donors (Lipinski definition) is 3. The lowest BCUT2D eigenvalue weighted by molar-refractivity contribution is -0.115. The van der Waals surface area contributed by atoms with Crippen LogP contribution in [0.3, 0.4) is 0 Å². The summed E-state index contributed by atoms with van der Waals surface area (Å²) >= 11 is 0. The van der Waals surface area contributed by atoms with Gasteiger partial charge in [0.05, 0.1) is 89.5 Å².